The first-order valence-electron chi connectivity index (χ1n) is 10.4. The number of unbranched alkanes of at least 4 members (excludes halogenated alkanes) is 1. The van der Waals surface area contributed by atoms with E-state index in [4.69, 9.17) is 4.99 Å². The van der Waals surface area contributed by atoms with Gasteiger partial charge in [-0.2, -0.15) is 0 Å². The predicted molar refractivity (Wildman–Crippen MR) is 123 cm³/mol. The summed E-state index contributed by atoms with van der Waals surface area (Å²) >= 11 is 0. The van der Waals surface area contributed by atoms with E-state index in [9.17, 15) is 4.79 Å². The maximum absolute atomic E-state index is 11.5. The third-order valence-electron chi connectivity index (χ3n) is 5.42. The Morgan fingerprint density at radius 1 is 0.889 bits per heavy atom. The molecule has 0 radical (unpaired) electrons. The lowest BCUT2D eigenvalue weighted by molar-refractivity contribution is -0.130. The summed E-state index contributed by atoms with van der Waals surface area (Å²) in [6.45, 7) is 18.3. The molecule has 2 aliphatic heterocycles. The van der Waals surface area contributed by atoms with Gasteiger partial charge in [-0.25, -0.2) is 0 Å². The zero-order valence-corrected chi connectivity index (χ0v) is 19.8. The van der Waals surface area contributed by atoms with Gasteiger partial charge in [-0.1, -0.05) is 6.92 Å². The second-order valence-electron chi connectivity index (χ2n) is 7.21. The highest BCUT2D eigenvalue weighted by molar-refractivity contribution is 14.0. The smallest absolute Gasteiger partial charge is 0.219 e. The molecule has 0 aliphatic carbocycles. The highest BCUT2D eigenvalue weighted by Crippen LogP contribution is 2.05. The quantitative estimate of drug-likeness (QED) is 0.249. The molecular weight excluding hydrogens is 455 g/mol. The predicted octanol–water partition coefficient (Wildman–Crippen LogP) is 1.15. The van der Waals surface area contributed by atoms with Gasteiger partial charge in [-0.05, 0) is 32.9 Å². The average molecular weight is 494 g/mol. The van der Waals surface area contributed by atoms with Crippen LogP contribution in [0.2, 0.25) is 0 Å². The molecule has 0 aromatic heterocycles. The summed E-state index contributed by atoms with van der Waals surface area (Å²) in [5.74, 6) is 1.18. The highest BCUT2D eigenvalue weighted by atomic mass is 127. The van der Waals surface area contributed by atoms with Crippen LogP contribution < -0.4 is 5.32 Å². The Labute approximate surface area is 182 Å². The van der Waals surface area contributed by atoms with Crippen molar-refractivity contribution < 1.29 is 4.79 Å². The summed E-state index contributed by atoms with van der Waals surface area (Å²) < 4.78 is 0. The minimum atomic E-state index is 0. The maximum atomic E-state index is 11.5. The molecule has 2 heterocycles. The fourth-order valence-corrected chi connectivity index (χ4v) is 3.62. The molecular formula is C19H39IN6O. The number of nitrogens with zero attached hydrogens (tertiary/aromatic N) is 5. The van der Waals surface area contributed by atoms with Crippen LogP contribution in [0.1, 0.15) is 33.6 Å². The number of likely N-dealkylation sites (N-methyl/N-ethyl adjacent to an activating group) is 1. The van der Waals surface area contributed by atoms with Crippen molar-refractivity contribution in [3.05, 3.63) is 0 Å². The molecule has 0 aromatic rings. The first kappa shape index (κ1) is 24.4. The number of halogens is 1. The van der Waals surface area contributed by atoms with E-state index >= 15 is 0 Å². The summed E-state index contributed by atoms with van der Waals surface area (Å²) in [6, 6.07) is 0. The largest absolute Gasteiger partial charge is 0.357 e. The molecule has 7 nitrogen and oxygen atoms in total. The summed E-state index contributed by atoms with van der Waals surface area (Å²) in [7, 11) is 0. The van der Waals surface area contributed by atoms with Gasteiger partial charge >= 0.3 is 0 Å². The maximum Gasteiger partial charge on any atom is 0.219 e. The molecule has 0 saturated carbocycles. The molecule has 2 fully saturated rings. The Morgan fingerprint density at radius 2 is 1.48 bits per heavy atom. The Morgan fingerprint density at radius 3 is 2.04 bits per heavy atom. The number of rotatable bonds is 7. The van der Waals surface area contributed by atoms with Crippen molar-refractivity contribution in [3.8, 4) is 0 Å². The van der Waals surface area contributed by atoms with Crippen LogP contribution in [0.15, 0.2) is 4.99 Å². The van der Waals surface area contributed by atoms with E-state index in [2.05, 4.69) is 33.9 Å². The molecule has 2 rings (SSSR count). The fraction of sp³-hybridized carbons (Fsp3) is 0.895. The Hall–Kier alpha value is -0.610. The molecule has 0 atom stereocenters. The molecule has 0 spiro atoms. The van der Waals surface area contributed by atoms with Gasteiger partial charge in [-0.15, -0.1) is 24.0 Å². The van der Waals surface area contributed by atoms with Crippen LogP contribution in [0.25, 0.3) is 0 Å². The van der Waals surface area contributed by atoms with Crippen LogP contribution in [-0.4, -0.2) is 110 Å². The van der Waals surface area contributed by atoms with Crippen LogP contribution in [0.3, 0.4) is 0 Å². The number of hydrogen-bond acceptors (Lipinski definition) is 4. The van der Waals surface area contributed by atoms with Crippen molar-refractivity contribution in [2.75, 3.05) is 78.5 Å². The summed E-state index contributed by atoms with van der Waals surface area (Å²) in [4.78, 5) is 25.6. The standard InChI is InChI=1S/C19H38N6O.HI/c1-4-20-19(25-16-14-24(15-17-25)18(3)26)21-8-6-7-9-23-12-10-22(5-2)11-13-23;/h4-17H2,1-3H3,(H,20,21);1H. The van der Waals surface area contributed by atoms with Crippen LogP contribution in [0, 0.1) is 0 Å². The van der Waals surface area contributed by atoms with Crippen molar-refractivity contribution in [3.63, 3.8) is 0 Å². The lowest BCUT2D eigenvalue weighted by atomic mass is 10.2. The van der Waals surface area contributed by atoms with Crippen LogP contribution in [0.4, 0.5) is 0 Å². The lowest BCUT2D eigenvalue weighted by Gasteiger charge is -2.36. The fourth-order valence-electron chi connectivity index (χ4n) is 3.62. The second-order valence-corrected chi connectivity index (χ2v) is 7.21. The van der Waals surface area contributed by atoms with Crippen LogP contribution in [0.5, 0.6) is 0 Å². The minimum Gasteiger partial charge on any atom is -0.357 e. The SMILES string of the molecule is CCNC(=NCCCCN1CCN(CC)CC1)N1CCN(C(C)=O)CC1.I. The van der Waals surface area contributed by atoms with E-state index in [1.807, 2.05) is 4.90 Å². The molecule has 8 heteroatoms. The first-order chi connectivity index (χ1) is 12.6. The molecule has 0 bridgehead atoms. The normalized spacial score (nSPS) is 19.7. The van der Waals surface area contributed by atoms with Gasteiger partial charge in [0.25, 0.3) is 0 Å². The molecule has 1 amide bonds. The van der Waals surface area contributed by atoms with E-state index in [-0.39, 0.29) is 29.9 Å². The van der Waals surface area contributed by atoms with Crippen molar-refractivity contribution in [1.82, 2.24) is 24.9 Å². The average Bonchev–Trinajstić information content (AvgIpc) is 2.67. The van der Waals surface area contributed by atoms with Gasteiger partial charge in [-0.3, -0.25) is 9.79 Å². The van der Waals surface area contributed by atoms with E-state index < -0.39 is 0 Å². The highest BCUT2D eigenvalue weighted by Gasteiger charge is 2.20. The summed E-state index contributed by atoms with van der Waals surface area (Å²) in [5, 5.41) is 3.40. The zero-order valence-electron chi connectivity index (χ0n) is 17.5. The second kappa shape index (κ2) is 13.5. The van der Waals surface area contributed by atoms with Gasteiger partial charge in [0.15, 0.2) is 5.96 Å². The van der Waals surface area contributed by atoms with Crippen LogP contribution in [-0.2, 0) is 4.79 Å². The van der Waals surface area contributed by atoms with E-state index in [1.165, 1.54) is 45.7 Å². The molecule has 0 unspecified atom stereocenters. The van der Waals surface area contributed by atoms with Gasteiger partial charge in [0, 0.05) is 72.4 Å². The van der Waals surface area contributed by atoms with Gasteiger partial charge < -0.3 is 24.9 Å². The van der Waals surface area contributed by atoms with Gasteiger partial charge in [0.2, 0.25) is 5.91 Å². The molecule has 27 heavy (non-hydrogen) atoms. The summed E-state index contributed by atoms with van der Waals surface area (Å²) in [6.07, 6.45) is 2.35. The number of amides is 1. The lowest BCUT2D eigenvalue weighted by Crippen LogP contribution is -2.53. The molecule has 2 aliphatic rings. The third kappa shape index (κ3) is 8.51. The Kier molecular flexibility index (Phi) is 12.3. The minimum absolute atomic E-state index is 0. The number of piperazine rings is 2. The Balaban J connectivity index is 0.00000364. The number of guanidine groups is 1. The number of hydrogen-bond donors (Lipinski definition) is 1. The number of carbonyl (C=O) groups excluding carboxylic acids is 1. The van der Waals surface area contributed by atoms with E-state index in [1.54, 1.807) is 6.92 Å². The Bertz CT molecular complexity index is 445. The monoisotopic (exact) mass is 494 g/mol. The van der Waals surface area contributed by atoms with Crippen molar-refractivity contribution in [1.29, 1.82) is 0 Å². The molecule has 1 N–H and O–H groups in total. The molecule has 0 aromatic carbocycles. The van der Waals surface area contributed by atoms with Crippen molar-refractivity contribution in [2.45, 2.75) is 33.6 Å². The first-order valence-corrected chi connectivity index (χ1v) is 10.4. The van der Waals surface area contributed by atoms with Gasteiger partial charge in [0.1, 0.15) is 0 Å². The number of carbonyl (C=O) groups is 1. The van der Waals surface area contributed by atoms with Gasteiger partial charge in [0.05, 0.1) is 0 Å². The number of aliphatic imine (C=N–C) groups is 1. The van der Waals surface area contributed by atoms with Crippen molar-refractivity contribution in [2.24, 2.45) is 4.99 Å². The van der Waals surface area contributed by atoms with E-state index in [0.29, 0.717) is 0 Å². The third-order valence-corrected chi connectivity index (χ3v) is 5.42. The topological polar surface area (TPSA) is 54.4 Å². The zero-order chi connectivity index (χ0) is 18.8. The molecule has 2 saturated heterocycles. The number of nitrogens with one attached hydrogen (secondary N) is 1. The van der Waals surface area contributed by atoms with Crippen LogP contribution >= 0.6 is 24.0 Å². The summed E-state index contributed by atoms with van der Waals surface area (Å²) in [5.41, 5.74) is 0. The van der Waals surface area contributed by atoms with Crippen molar-refractivity contribution >= 4 is 35.8 Å². The molecule has 158 valence electrons. The van der Waals surface area contributed by atoms with E-state index in [0.717, 1.165) is 51.6 Å².